The molecule has 16 heavy (non-hydrogen) atoms. The summed E-state index contributed by atoms with van der Waals surface area (Å²) in [5.74, 6) is -0.498. The Hall–Kier alpha value is -1.03. The lowest BCUT2D eigenvalue weighted by molar-refractivity contribution is 0.0383. The Morgan fingerprint density at radius 1 is 1.38 bits per heavy atom. The van der Waals surface area contributed by atoms with Crippen molar-refractivity contribution in [3.05, 3.63) is 35.6 Å². The molecule has 0 aliphatic heterocycles. The predicted octanol–water partition coefficient (Wildman–Crippen LogP) is 3.31. The van der Waals surface area contributed by atoms with Crippen LogP contribution in [-0.2, 0) is 5.54 Å². The lowest BCUT2D eigenvalue weighted by atomic mass is 9.92. The third kappa shape index (κ3) is 2.76. The minimum atomic E-state index is -2.58. The topological polar surface area (TPSA) is 12.0 Å². The maximum atomic E-state index is 13.0. The summed E-state index contributed by atoms with van der Waals surface area (Å²) >= 11 is 0. The van der Waals surface area contributed by atoms with Gasteiger partial charge in [0.1, 0.15) is 11.4 Å². The van der Waals surface area contributed by atoms with Crippen molar-refractivity contribution in [2.45, 2.75) is 32.2 Å². The third-order valence-corrected chi connectivity index (χ3v) is 2.60. The highest BCUT2D eigenvalue weighted by Gasteiger charge is 2.36. The Balaban J connectivity index is 3.01. The Morgan fingerprint density at radius 2 is 2.06 bits per heavy atom. The largest absolute Gasteiger partial charge is 0.303 e. The average molecular weight is 231 g/mol. The van der Waals surface area contributed by atoms with Gasteiger partial charge in [-0.05, 0) is 37.6 Å². The molecule has 1 nitrogen and oxygen atoms in total. The zero-order valence-electron chi connectivity index (χ0n) is 9.43. The molecule has 0 spiro atoms. The second kappa shape index (κ2) is 5.34. The molecule has 90 valence electrons. The summed E-state index contributed by atoms with van der Waals surface area (Å²) in [5.41, 5.74) is -1.21. The normalized spacial score (nSPS) is 15.1. The number of hydrogen-bond donors (Lipinski definition) is 1. The van der Waals surface area contributed by atoms with Crippen molar-refractivity contribution in [2.24, 2.45) is 0 Å². The van der Waals surface area contributed by atoms with Crippen LogP contribution in [0.2, 0.25) is 0 Å². The third-order valence-electron chi connectivity index (χ3n) is 2.60. The molecule has 0 radical (unpaired) electrons. The minimum Gasteiger partial charge on any atom is -0.303 e. The van der Waals surface area contributed by atoms with Gasteiger partial charge >= 0.3 is 0 Å². The van der Waals surface area contributed by atoms with Crippen LogP contribution < -0.4 is 5.32 Å². The minimum absolute atomic E-state index is 0.274. The number of hydrogen-bond acceptors (Lipinski definition) is 1. The molecule has 0 saturated heterocycles. The first-order chi connectivity index (χ1) is 7.50. The molecule has 1 aromatic rings. The standard InChI is InChI=1S/C12H16F3N/c1-3-7-16-12(2,11(14)15)9-5-4-6-10(13)8-9/h4-6,8,11,16H,3,7H2,1-2H3. The van der Waals surface area contributed by atoms with Gasteiger partial charge in [0.25, 0.3) is 6.43 Å². The van der Waals surface area contributed by atoms with Crippen LogP contribution in [0.1, 0.15) is 25.8 Å². The lowest BCUT2D eigenvalue weighted by Gasteiger charge is -2.30. The molecule has 0 saturated carbocycles. The summed E-state index contributed by atoms with van der Waals surface area (Å²) in [6, 6.07) is 5.35. The number of alkyl halides is 2. The average Bonchev–Trinajstić information content (AvgIpc) is 2.25. The quantitative estimate of drug-likeness (QED) is 0.819. The molecule has 0 bridgehead atoms. The highest BCUT2D eigenvalue weighted by Crippen LogP contribution is 2.28. The van der Waals surface area contributed by atoms with Gasteiger partial charge in [-0.25, -0.2) is 13.2 Å². The van der Waals surface area contributed by atoms with Crippen molar-refractivity contribution >= 4 is 0 Å². The van der Waals surface area contributed by atoms with Crippen molar-refractivity contribution in [2.75, 3.05) is 6.54 Å². The van der Waals surface area contributed by atoms with Gasteiger partial charge in [-0.2, -0.15) is 0 Å². The SMILES string of the molecule is CCCNC(C)(c1cccc(F)c1)C(F)F. The van der Waals surface area contributed by atoms with Crippen LogP contribution in [0.5, 0.6) is 0 Å². The van der Waals surface area contributed by atoms with Gasteiger partial charge in [-0.15, -0.1) is 0 Å². The fraction of sp³-hybridized carbons (Fsp3) is 0.500. The highest BCUT2D eigenvalue weighted by atomic mass is 19.3. The van der Waals surface area contributed by atoms with E-state index in [0.717, 1.165) is 12.5 Å². The van der Waals surface area contributed by atoms with Crippen LogP contribution in [0.4, 0.5) is 13.2 Å². The van der Waals surface area contributed by atoms with E-state index in [0.29, 0.717) is 6.54 Å². The second-order valence-corrected chi connectivity index (χ2v) is 3.94. The smallest absolute Gasteiger partial charge is 0.260 e. The van der Waals surface area contributed by atoms with Gasteiger partial charge in [0.2, 0.25) is 0 Å². The molecule has 4 heteroatoms. The van der Waals surface area contributed by atoms with Crippen LogP contribution in [0, 0.1) is 5.82 Å². The highest BCUT2D eigenvalue weighted by molar-refractivity contribution is 5.25. The van der Waals surface area contributed by atoms with Crippen LogP contribution >= 0.6 is 0 Å². The number of benzene rings is 1. The molecule has 0 aliphatic rings. The lowest BCUT2D eigenvalue weighted by Crippen LogP contribution is -2.46. The number of nitrogens with one attached hydrogen (secondary N) is 1. The number of halogens is 3. The summed E-state index contributed by atoms with van der Waals surface area (Å²) < 4.78 is 39.1. The first kappa shape index (κ1) is 13.0. The summed E-state index contributed by atoms with van der Waals surface area (Å²) in [4.78, 5) is 0. The van der Waals surface area contributed by atoms with E-state index in [1.54, 1.807) is 0 Å². The van der Waals surface area contributed by atoms with Gasteiger partial charge in [0.15, 0.2) is 0 Å². The van der Waals surface area contributed by atoms with E-state index < -0.39 is 17.8 Å². The summed E-state index contributed by atoms with van der Waals surface area (Å²) in [7, 11) is 0. The molecular weight excluding hydrogens is 215 g/mol. The number of rotatable bonds is 5. The van der Waals surface area contributed by atoms with E-state index in [1.165, 1.54) is 25.1 Å². The fourth-order valence-corrected chi connectivity index (χ4v) is 1.50. The van der Waals surface area contributed by atoms with Crippen LogP contribution in [0.3, 0.4) is 0 Å². The van der Waals surface area contributed by atoms with E-state index in [-0.39, 0.29) is 5.56 Å². The Kier molecular flexibility index (Phi) is 4.35. The molecule has 0 fully saturated rings. The monoisotopic (exact) mass is 231 g/mol. The molecule has 0 aromatic heterocycles. The summed E-state index contributed by atoms with van der Waals surface area (Å²) in [6.07, 6.45) is -1.83. The molecule has 0 aliphatic carbocycles. The molecule has 1 aromatic carbocycles. The molecular formula is C12H16F3N. The van der Waals surface area contributed by atoms with Crippen LogP contribution in [0.25, 0.3) is 0 Å². The summed E-state index contributed by atoms with van der Waals surface area (Å²) in [5, 5.41) is 2.77. The second-order valence-electron chi connectivity index (χ2n) is 3.94. The van der Waals surface area contributed by atoms with Crippen molar-refractivity contribution < 1.29 is 13.2 Å². The van der Waals surface area contributed by atoms with Crippen molar-refractivity contribution in [3.63, 3.8) is 0 Å². The van der Waals surface area contributed by atoms with Gasteiger partial charge in [-0.1, -0.05) is 19.1 Å². The van der Waals surface area contributed by atoms with E-state index in [1.807, 2.05) is 6.92 Å². The fourth-order valence-electron chi connectivity index (χ4n) is 1.50. The molecule has 1 N–H and O–H groups in total. The maximum absolute atomic E-state index is 13.0. The Bertz CT molecular complexity index is 341. The van der Waals surface area contributed by atoms with Crippen molar-refractivity contribution in [1.29, 1.82) is 0 Å². The first-order valence-electron chi connectivity index (χ1n) is 5.30. The van der Waals surface area contributed by atoms with E-state index in [4.69, 9.17) is 0 Å². The zero-order valence-corrected chi connectivity index (χ0v) is 9.43. The van der Waals surface area contributed by atoms with E-state index in [9.17, 15) is 13.2 Å². The van der Waals surface area contributed by atoms with Crippen molar-refractivity contribution in [1.82, 2.24) is 5.32 Å². The molecule has 1 rings (SSSR count). The Morgan fingerprint density at radius 3 is 2.56 bits per heavy atom. The van der Waals surface area contributed by atoms with E-state index >= 15 is 0 Å². The molecule has 1 atom stereocenters. The van der Waals surface area contributed by atoms with Crippen LogP contribution in [-0.4, -0.2) is 13.0 Å². The van der Waals surface area contributed by atoms with Crippen LogP contribution in [0.15, 0.2) is 24.3 Å². The molecule has 0 amide bonds. The van der Waals surface area contributed by atoms with Gasteiger partial charge in [0, 0.05) is 0 Å². The molecule has 1 unspecified atom stereocenters. The predicted molar refractivity (Wildman–Crippen MR) is 58.0 cm³/mol. The first-order valence-corrected chi connectivity index (χ1v) is 5.30. The van der Waals surface area contributed by atoms with Crippen molar-refractivity contribution in [3.8, 4) is 0 Å². The maximum Gasteiger partial charge on any atom is 0.260 e. The van der Waals surface area contributed by atoms with Gasteiger partial charge in [0.05, 0.1) is 0 Å². The molecule has 0 heterocycles. The van der Waals surface area contributed by atoms with Gasteiger partial charge in [-0.3, -0.25) is 0 Å². The summed E-state index contributed by atoms with van der Waals surface area (Å²) in [6.45, 7) is 3.75. The zero-order chi connectivity index (χ0) is 12.2. The Labute approximate surface area is 93.7 Å². The van der Waals surface area contributed by atoms with Gasteiger partial charge < -0.3 is 5.32 Å². The van der Waals surface area contributed by atoms with E-state index in [2.05, 4.69) is 5.32 Å².